The fourth-order valence-corrected chi connectivity index (χ4v) is 3.01. The third-order valence-electron chi connectivity index (χ3n) is 3.08. The molecule has 1 heterocycles. The molecule has 0 atom stereocenters. The lowest BCUT2D eigenvalue weighted by atomic mass is 10.2. The second-order valence-electron chi connectivity index (χ2n) is 4.79. The van der Waals surface area contributed by atoms with Crippen LogP contribution in [-0.2, 0) is 9.84 Å². The first-order chi connectivity index (χ1) is 9.45. The second-order valence-corrected chi connectivity index (χ2v) is 6.74. The van der Waals surface area contributed by atoms with Gasteiger partial charge in [0.05, 0.1) is 15.9 Å². The van der Waals surface area contributed by atoms with E-state index in [1.807, 2.05) is 25.1 Å². The summed E-state index contributed by atoms with van der Waals surface area (Å²) in [6, 6.07) is 13.7. The van der Waals surface area contributed by atoms with E-state index in [0.717, 1.165) is 16.6 Å². The van der Waals surface area contributed by atoms with Crippen molar-refractivity contribution in [1.82, 2.24) is 9.97 Å². The number of aromatic amines is 1. The normalized spacial score (nSPS) is 11.9. The first-order valence-corrected chi connectivity index (χ1v) is 8.02. The summed E-state index contributed by atoms with van der Waals surface area (Å²) < 4.78 is 23.6. The first-order valence-electron chi connectivity index (χ1n) is 6.12. The minimum absolute atomic E-state index is 0.163. The second kappa shape index (κ2) is 4.45. The maximum Gasteiger partial charge on any atom is 0.176 e. The van der Waals surface area contributed by atoms with Gasteiger partial charge >= 0.3 is 0 Å². The number of rotatable bonds is 2. The number of hydrogen-bond acceptors (Lipinski definition) is 3. The van der Waals surface area contributed by atoms with Crippen LogP contribution >= 0.6 is 0 Å². The van der Waals surface area contributed by atoms with Crippen molar-refractivity contribution in [2.45, 2.75) is 11.8 Å². The molecule has 4 nitrogen and oxygen atoms in total. The van der Waals surface area contributed by atoms with Crippen LogP contribution in [-0.4, -0.2) is 24.6 Å². The summed E-state index contributed by atoms with van der Waals surface area (Å²) in [6.45, 7) is 2.00. The average Bonchev–Trinajstić information content (AvgIpc) is 2.80. The zero-order chi connectivity index (χ0) is 14.3. The molecule has 101 valence electrons. The molecule has 1 aromatic heterocycles. The van der Waals surface area contributed by atoms with Crippen LogP contribution in [0.1, 0.15) is 5.56 Å². The highest BCUT2D eigenvalue weighted by molar-refractivity contribution is 7.90. The molecular formula is C15H13N2O2S. The van der Waals surface area contributed by atoms with Gasteiger partial charge in [0.1, 0.15) is 5.82 Å². The molecule has 0 saturated heterocycles. The monoisotopic (exact) mass is 285 g/mol. The Labute approximate surface area is 117 Å². The van der Waals surface area contributed by atoms with E-state index in [1.165, 1.54) is 6.26 Å². The van der Waals surface area contributed by atoms with Gasteiger partial charge < -0.3 is 4.98 Å². The number of nitrogens with zero attached hydrogens (tertiary/aromatic N) is 1. The number of fused-ring (bicyclic) bond motifs is 1. The minimum atomic E-state index is -3.34. The Morgan fingerprint density at radius 1 is 1.25 bits per heavy atom. The van der Waals surface area contributed by atoms with Crippen molar-refractivity contribution in [1.29, 1.82) is 0 Å². The Morgan fingerprint density at radius 2 is 2.05 bits per heavy atom. The van der Waals surface area contributed by atoms with Crippen molar-refractivity contribution in [2.24, 2.45) is 0 Å². The molecule has 0 aliphatic heterocycles. The number of aryl methyl sites for hydroxylation is 1. The number of H-pyrrole nitrogens is 1. The summed E-state index contributed by atoms with van der Waals surface area (Å²) in [5.74, 6) is 0.544. The Bertz CT molecular complexity index is 895. The highest BCUT2D eigenvalue weighted by atomic mass is 32.2. The molecule has 0 aliphatic rings. The van der Waals surface area contributed by atoms with Crippen LogP contribution in [0.4, 0.5) is 0 Å². The van der Waals surface area contributed by atoms with Crippen LogP contribution < -0.4 is 0 Å². The topological polar surface area (TPSA) is 62.8 Å². The maximum absolute atomic E-state index is 11.8. The molecule has 20 heavy (non-hydrogen) atoms. The van der Waals surface area contributed by atoms with E-state index in [2.05, 4.69) is 16.0 Å². The number of aromatic nitrogens is 2. The molecule has 0 spiro atoms. The number of hydrogen-bond donors (Lipinski definition) is 1. The van der Waals surface area contributed by atoms with Crippen molar-refractivity contribution in [2.75, 3.05) is 6.26 Å². The predicted molar refractivity (Wildman–Crippen MR) is 78.2 cm³/mol. The van der Waals surface area contributed by atoms with Crippen molar-refractivity contribution in [3.05, 3.63) is 48.0 Å². The summed E-state index contributed by atoms with van der Waals surface area (Å²) in [5, 5.41) is 0. The van der Waals surface area contributed by atoms with Crippen LogP contribution in [0.3, 0.4) is 0 Å². The van der Waals surface area contributed by atoms with Crippen molar-refractivity contribution in [3.8, 4) is 11.4 Å². The van der Waals surface area contributed by atoms with Crippen LogP contribution in [0.2, 0.25) is 0 Å². The van der Waals surface area contributed by atoms with Gasteiger partial charge in [-0.3, -0.25) is 0 Å². The zero-order valence-electron chi connectivity index (χ0n) is 11.1. The summed E-state index contributed by atoms with van der Waals surface area (Å²) in [5.41, 5.74) is 3.37. The molecule has 0 saturated carbocycles. The van der Waals surface area contributed by atoms with Crippen LogP contribution in [0, 0.1) is 13.0 Å². The molecular weight excluding hydrogens is 272 g/mol. The van der Waals surface area contributed by atoms with Gasteiger partial charge in [-0.05, 0) is 30.7 Å². The van der Waals surface area contributed by atoms with E-state index in [4.69, 9.17) is 0 Å². The summed E-state index contributed by atoms with van der Waals surface area (Å²) >= 11 is 0. The standard InChI is InChI=1S/C15H13N2O2S/c1-10-7-8-12-13(9-10)17-15(16-12)11-5-3-4-6-14(11)20(2,18)19/h3-5,7-9H,1-2H3,(H,16,17). The molecule has 2 aromatic carbocycles. The summed E-state index contributed by atoms with van der Waals surface area (Å²) in [7, 11) is -3.34. The molecule has 5 heteroatoms. The lowest BCUT2D eigenvalue weighted by Gasteiger charge is -2.03. The Kier molecular flexibility index (Phi) is 2.87. The van der Waals surface area contributed by atoms with E-state index in [0.29, 0.717) is 11.4 Å². The summed E-state index contributed by atoms with van der Waals surface area (Å²) in [4.78, 5) is 7.79. The van der Waals surface area contributed by atoms with Crippen molar-refractivity contribution < 1.29 is 8.42 Å². The van der Waals surface area contributed by atoms with Crippen LogP contribution in [0.5, 0.6) is 0 Å². The van der Waals surface area contributed by atoms with Crippen LogP contribution in [0.25, 0.3) is 22.4 Å². The fraction of sp³-hybridized carbons (Fsp3) is 0.133. The molecule has 0 fully saturated rings. The Hall–Kier alpha value is -2.14. The third-order valence-corrected chi connectivity index (χ3v) is 4.16. The first kappa shape index (κ1) is 12.9. The lowest BCUT2D eigenvalue weighted by molar-refractivity contribution is 0.602. The van der Waals surface area contributed by atoms with Gasteiger partial charge in [0, 0.05) is 17.9 Å². The van der Waals surface area contributed by atoms with Gasteiger partial charge in [-0.25, -0.2) is 13.4 Å². The summed E-state index contributed by atoms with van der Waals surface area (Å²) in [6.07, 6.45) is 1.18. The number of sulfone groups is 1. The van der Waals surface area contributed by atoms with Gasteiger partial charge in [0.25, 0.3) is 0 Å². The number of benzene rings is 2. The quantitative estimate of drug-likeness (QED) is 0.787. The lowest BCUT2D eigenvalue weighted by Crippen LogP contribution is -2.00. The van der Waals surface area contributed by atoms with E-state index >= 15 is 0 Å². The number of nitrogens with one attached hydrogen (secondary N) is 1. The molecule has 0 amide bonds. The highest BCUT2D eigenvalue weighted by Gasteiger charge is 2.16. The molecule has 3 aromatic rings. The van der Waals surface area contributed by atoms with E-state index in [-0.39, 0.29) is 4.90 Å². The van der Waals surface area contributed by atoms with E-state index in [1.54, 1.807) is 18.2 Å². The molecule has 0 aliphatic carbocycles. The van der Waals surface area contributed by atoms with Gasteiger partial charge in [0.2, 0.25) is 0 Å². The largest absolute Gasteiger partial charge is 0.338 e. The fourth-order valence-electron chi connectivity index (χ4n) is 2.17. The van der Waals surface area contributed by atoms with Gasteiger partial charge in [-0.1, -0.05) is 18.2 Å². The molecule has 3 rings (SSSR count). The van der Waals surface area contributed by atoms with Gasteiger partial charge in [0.15, 0.2) is 9.84 Å². The zero-order valence-corrected chi connectivity index (χ0v) is 12.0. The number of imidazole rings is 1. The minimum Gasteiger partial charge on any atom is -0.338 e. The Balaban J connectivity index is 2.26. The highest BCUT2D eigenvalue weighted by Crippen LogP contribution is 2.26. The van der Waals surface area contributed by atoms with E-state index < -0.39 is 9.84 Å². The van der Waals surface area contributed by atoms with E-state index in [9.17, 15) is 8.42 Å². The van der Waals surface area contributed by atoms with Crippen LogP contribution in [0.15, 0.2) is 41.3 Å². The SMILES string of the molecule is Cc1ccc2nc(-c3ccc[c]c3S(C)(=O)=O)[nH]c2c1. The predicted octanol–water partition coefficient (Wildman–Crippen LogP) is 2.74. The third kappa shape index (κ3) is 2.20. The van der Waals surface area contributed by atoms with Gasteiger partial charge in [-0.2, -0.15) is 0 Å². The van der Waals surface area contributed by atoms with Crippen molar-refractivity contribution >= 4 is 20.9 Å². The van der Waals surface area contributed by atoms with Gasteiger partial charge in [-0.15, -0.1) is 0 Å². The molecule has 1 radical (unpaired) electrons. The van der Waals surface area contributed by atoms with Crippen molar-refractivity contribution in [3.63, 3.8) is 0 Å². The average molecular weight is 285 g/mol. The molecule has 0 unspecified atom stereocenters. The molecule has 1 N–H and O–H groups in total. The smallest absolute Gasteiger partial charge is 0.176 e. The molecule has 0 bridgehead atoms. The maximum atomic E-state index is 11.8. The Morgan fingerprint density at radius 3 is 2.80 bits per heavy atom.